The van der Waals surface area contributed by atoms with Crippen LogP contribution in [0.2, 0.25) is 0 Å². The van der Waals surface area contributed by atoms with Crippen molar-refractivity contribution in [3.05, 3.63) is 47.5 Å². The van der Waals surface area contributed by atoms with E-state index >= 15 is 0 Å². The molecule has 7 heteroatoms. The van der Waals surface area contributed by atoms with Crippen LogP contribution < -0.4 is 10.1 Å². The van der Waals surface area contributed by atoms with Crippen molar-refractivity contribution in [3.63, 3.8) is 0 Å². The largest absolute Gasteiger partial charge is 0.489 e. The molecule has 7 nitrogen and oxygen atoms in total. The summed E-state index contributed by atoms with van der Waals surface area (Å²) in [5.41, 5.74) is 2.93. The van der Waals surface area contributed by atoms with Gasteiger partial charge < -0.3 is 15.2 Å². The lowest BCUT2D eigenvalue weighted by atomic mass is 9.73. The zero-order valence-corrected chi connectivity index (χ0v) is 17.0. The molecule has 1 spiro atoms. The van der Waals surface area contributed by atoms with Crippen LogP contribution in [0.3, 0.4) is 0 Å². The van der Waals surface area contributed by atoms with Gasteiger partial charge in [-0.15, -0.1) is 0 Å². The van der Waals surface area contributed by atoms with Crippen LogP contribution in [0.1, 0.15) is 49.2 Å². The lowest BCUT2D eigenvalue weighted by Gasteiger charge is -2.38. The molecular formula is C22H28N4O3. The first kappa shape index (κ1) is 19.8. The summed E-state index contributed by atoms with van der Waals surface area (Å²) in [6.45, 7) is 7.01. The van der Waals surface area contributed by atoms with Crippen molar-refractivity contribution in [3.8, 4) is 5.75 Å². The second-order valence-corrected chi connectivity index (χ2v) is 7.98. The second kappa shape index (κ2) is 8.08. The zero-order chi connectivity index (χ0) is 20.4. The normalized spacial score (nSPS) is 19.1. The molecule has 4 rings (SSSR count). The van der Waals surface area contributed by atoms with Gasteiger partial charge in [-0.05, 0) is 50.9 Å². The fourth-order valence-corrected chi connectivity index (χ4v) is 4.23. The van der Waals surface area contributed by atoms with Gasteiger partial charge in [-0.1, -0.05) is 24.6 Å². The topological polar surface area (TPSA) is 87.6 Å². The predicted molar refractivity (Wildman–Crippen MR) is 110 cm³/mol. The van der Waals surface area contributed by atoms with Gasteiger partial charge >= 0.3 is 0 Å². The molecule has 3 heterocycles. The number of rotatable bonds is 6. The molecule has 1 unspecified atom stereocenters. The van der Waals surface area contributed by atoms with Crippen molar-refractivity contribution in [1.29, 1.82) is 0 Å². The number of hydrogen-bond donors (Lipinski definition) is 2. The average Bonchev–Trinajstić information content (AvgIpc) is 3.00. The highest BCUT2D eigenvalue weighted by Crippen LogP contribution is 2.45. The molecule has 2 aliphatic rings. The van der Waals surface area contributed by atoms with E-state index in [2.05, 4.69) is 33.2 Å². The number of ether oxygens (including phenoxy) is 1. The second-order valence-electron chi connectivity index (χ2n) is 7.98. The van der Waals surface area contributed by atoms with Crippen LogP contribution >= 0.6 is 0 Å². The van der Waals surface area contributed by atoms with Gasteiger partial charge in [0.1, 0.15) is 12.7 Å². The zero-order valence-electron chi connectivity index (χ0n) is 17.0. The molecule has 1 aromatic carbocycles. The van der Waals surface area contributed by atoms with Crippen LogP contribution in [0.5, 0.6) is 5.75 Å². The number of nitrogens with zero attached hydrogens (tertiary/aromatic N) is 3. The lowest BCUT2D eigenvalue weighted by Crippen LogP contribution is -2.47. The summed E-state index contributed by atoms with van der Waals surface area (Å²) >= 11 is 0. The Morgan fingerprint density at radius 2 is 2.00 bits per heavy atom. The van der Waals surface area contributed by atoms with E-state index in [1.165, 1.54) is 5.56 Å². The number of aryl methyl sites for hydroxylation is 1. The number of piperidine rings is 1. The summed E-state index contributed by atoms with van der Waals surface area (Å²) in [6, 6.07) is 6.22. The molecule has 0 aliphatic carbocycles. The number of likely N-dealkylation sites (tertiary alicyclic amines) is 1. The van der Waals surface area contributed by atoms with Gasteiger partial charge in [-0.2, -0.15) is 0 Å². The SMILES string of the molecule is CCC(O)c1ncc(OCCN2CCC3(CC2)C(=O)Nc2ccc(C)cc23)cn1. The maximum Gasteiger partial charge on any atom is 0.235 e. The van der Waals surface area contributed by atoms with Crippen LogP contribution in [-0.2, 0) is 10.2 Å². The number of fused-ring (bicyclic) bond motifs is 2. The summed E-state index contributed by atoms with van der Waals surface area (Å²) in [7, 11) is 0. The molecule has 1 aromatic heterocycles. The van der Waals surface area contributed by atoms with E-state index in [0.717, 1.165) is 43.7 Å². The molecule has 1 atom stereocenters. The summed E-state index contributed by atoms with van der Waals surface area (Å²) in [5, 5.41) is 12.8. The minimum Gasteiger partial charge on any atom is -0.489 e. The first-order valence-corrected chi connectivity index (χ1v) is 10.3. The molecular weight excluding hydrogens is 368 g/mol. The van der Waals surface area contributed by atoms with E-state index < -0.39 is 6.10 Å². The third kappa shape index (κ3) is 3.84. The number of anilines is 1. The first-order chi connectivity index (χ1) is 14.0. The number of nitrogens with one attached hydrogen (secondary N) is 1. The Balaban J connectivity index is 1.30. The number of aliphatic hydroxyl groups excluding tert-OH is 1. The van der Waals surface area contributed by atoms with Crippen molar-refractivity contribution in [2.24, 2.45) is 0 Å². The Morgan fingerprint density at radius 1 is 1.28 bits per heavy atom. The molecule has 154 valence electrons. The summed E-state index contributed by atoms with van der Waals surface area (Å²) in [4.78, 5) is 23.4. The molecule has 2 aromatic rings. The van der Waals surface area contributed by atoms with Crippen LogP contribution in [0.25, 0.3) is 0 Å². The third-order valence-corrected chi connectivity index (χ3v) is 6.09. The fourth-order valence-electron chi connectivity index (χ4n) is 4.23. The van der Waals surface area contributed by atoms with Gasteiger partial charge in [0.25, 0.3) is 0 Å². The van der Waals surface area contributed by atoms with Gasteiger partial charge in [0.05, 0.1) is 17.8 Å². The van der Waals surface area contributed by atoms with E-state index in [0.29, 0.717) is 24.6 Å². The molecule has 29 heavy (non-hydrogen) atoms. The molecule has 1 amide bonds. The van der Waals surface area contributed by atoms with Gasteiger partial charge in [-0.25, -0.2) is 9.97 Å². The van der Waals surface area contributed by atoms with Gasteiger partial charge in [0.15, 0.2) is 11.6 Å². The maximum absolute atomic E-state index is 12.7. The van der Waals surface area contributed by atoms with Crippen LogP contribution in [0.15, 0.2) is 30.6 Å². The average molecular weight is 396 g/mol. The highest BCUT2D eigenvalue weighted by molar-refractivity contribution is 6.06. The van der Waals surface area contributed by atoms with Crippen LogP contribution in [0.4, 0.5) is 5.69 Å². The standard InChI is InChI=1S/C22H28N4O3/c1-3-19(27)20-23-13-16(14-24-20)29-11-10-26-8-6-22(7-9-26)17-12-15(2)4-5-18(17)25-21(22)28/h4-5,12-14,19,27H,3,6-11H2,1-2H3,(H,25,28). The number of amides is 1. The Labute approximate surface area is 171 Å². The molecule has 0 bridgehead atoms. The minimum absolute atomic E-state index is 0.139. The van der Waals surface area contributed by atoms with Crippen molar-refractivity contribution in [2.75, 3.05) is 31.6 Å². The summed E-state index contributed by atoms with van der Waals surface area (Å²) < 4.78 is 5.76. The Kier molecular flexibility index (Phi) is 5.52. The quantitative estimate of drug-likeness (QED) is 0.780. The monoisotopic (exact) mass is 396 g/mol. The Morgan fingerprint density at radius 3 is 2.69 bits per heavy atom. The van der Waals surface area contributed by atoms with Crippen molar-refractivity contribution in [1.82, 2.24) is 14.9 Å². The van der Waals surface area contributed by atoms with Crippen molar-refractivity contribution in [2.45, 2.75) is 44.6 Å². The molecule has 1 fully saturated rings. The number of aliphatic hydroxyl groups is 1. The maximum atomic E-state index is 12.7. The molecule has 1 saturated heterocycles. The molecule has 0 radical (unpaired) electrons. The summed E-state index contributed by atoms with van der Waals surface area (Å²) in [5.74, 6) is 1.16. The summed E-state index contributed by atoms with van der Waals surface area (Å²) in [6.07, 6.45) is 4.80. The third-order valence-electron chi connectivity index (χ3n) is 6.09. The number of carbonyl (C=O) groups is 1. The van der Waals surface area contributed by atoms with Crippen LogP contribution in [-0.4, -0.2) is 52.1 Å². The highest BCUT2D eigenvalue weighted by Gasteiger charge is 2.48. The van der Waals surface area contributed by atoms with E-state index in [-0.39, 0.29) is 11.3 Å². The van der Waals surface area contributed by atoms with Gasteiger partial charge in [0, 0.05) is 12.2 Å². The minimum atomic E-state index is -0.633. The van der Waals surface area contributed by atoms with Crippen molar-refractivity contribution < 1.29 is 14.6 Å². The van der Waals surface area contributed by atoms with E-state index in [1.54, 1.807) is 12.4 Å². The lowest BCUT2D eigenvalue weighted by molar-refractivity contribution is -0.122. The number of carbonyl (C=O) groups excluding carboxylic acids is 1. The van der Waals surface area contributed by atoms with E-state index in [1.807, 2.05) is 19.1 Å². The van der Waals surface area contributed by atoms with Gasteiger partial charge in [-0.3, -0.25) is 9.69 Å². The number of aromatic nitrogens is 2. The molecule has 0 saturated carbocycles. The first-order valence-electron chi connectivity index (χ1n) is 10.3. The van der Waals surface area contributed by atoms with E-state index in [9.17, 15) is 9.90 Å². The Bertz CT molecular complexity index is 876. The molecule has 2 N–H and O–H groups in total. The smallest absolute Gasteiger partial charge is 0.235 e. The van der Waals surface area contributed by atoms with Gasteiger partial charge in [0.2, 0.25) is 5.91 Å². The predicted octanol–water partition coefficient (Wildman–Crippen LogP) is 2.59. The van der Waals surface area contributed by atoms with Crippen LogP contribution in [0, 0.1) is 6.92 Å². The van der Waals surface area contributed by atoms with E-state index in [4.69, 9.17) is 4.74 Å². The highest BCUT2D eigenvalue weighted by atomic mass is 16.5. The Hall–Kier alpha value is -2.51. The molecule has 2 aliphatic heterocycles. The number of hydrogen-bond acceptors (Lipinski definition) is 6. The number of benzene rings is 1. The fraction of sp³-hybridized carbons (Fsp3) is 0.500. The van der Waals surface area contributed by atoms with Crippen molar-refractivity contribution >= 4 is 11.6 Å².